The van der Waals surface area contributed by atoms with Gasteiger partial charge in [0.15, 0.2) is 0 Å². The van der Waals surface area contributed by atoms with Gasteiger partial charge in [-0.1, -0.05) is 41.9 Å². The Bertz CT molecular complexity index is 1260. The molecule has 0 aliphatic carbocycles. The molecule has 0 spiro atoms. The Morgan fingerprint density at radius 3 is 2.35 bits per heavy atom. The Balaban J connectivity index is 1.53. The van der Waals surface area contributed by atoms with E-state index >= 15 is 0 Å². The average molecular weight is 477 g/mol. The molecule has 2 N–H and O–H groups in total. The highest BCUT2D eigenvalue weighted by atomic mass is 35.5. The topological polar surface area (TPSA) is 106 Å². The second-order valence-electron chi connectivity index (χ2n) is 7.19. The van der Waals surface area contributed by atoms with Gasteiger partial charge in [0.25, 0.3) is 0 Å². The van der Waals surface area contributed by atoms with Crippen LogP contribution in [0, 0.1) is 0 Å². The second kappa shape index (κ2) is 10.6. The number of hydrogen-bond acceptors (Lipinski definition) is 6. The van der Waals surface area contributed by atoms with Crippen molar-refractivity contribution >= 4 is 29.3 Å². The minimum atomic E-state index is -0.721. The highest BCUT2D eigenvalue weighted by molar-refractivity contribution is 6.30. The molecule has 0 bridgehead atoms. The summed E-state index contributed by atoms with van der Waals surface area (Å²) in [4.78, 5) is 24.6. The van der Waals surface area contributed by atoms with E-state index in [2.05, 4.69) is 20.8 Å². The van der Waals surface area contributed by atoms with Crippen LogP contribution in [0.1, 0.15) is 34.8 Å². The van der Waals surface area contributed by atoms with Gasteiger partial charge >= 0.3 is 12.0 Å². The lowest BCUT2D eigenvalue weighted by atomic mass is 10.1. The number of urea groups is 1. The number of carbonyl (C=O) groups excluding carboxylic acids is 2. The number of anilines is 1. The zero-order valence-corrected chi connectivity index (χ0v) is 19.0. The molecule has 1 heterocycles. The van der Waals surface area contributed by atoms with E-state index in [0.717, 1.165) is 5.56 Å². The van der Waals surface area contributed by atoms with Crippen LogP contribution in [0.3, 0.4) is 0 Å². The van der Waals surface area contributed by atoms with E-state index in [4.69, 9.17) is 20.8 Å². The minimum Gasteiger partial charge on any atom is -0.462 e. The number of benzene rings is 3. The first-order valence-corrected chi connectivity index (χ1v) is 10.9. The maximum Gasteiger partial charge on any atom is 0.338 e. The van der Waals surface area contributed by atoms with Gasteiger partial charge in [-0.3, -0.25) is 0 Å². The summed E-state index contributed by atoms with van der Waals surface area (Å²) in [6, 6.07) is 21.5. The molecule has 9 heteroatoms. The smallest absolute Gasteiger partial charge is 0.338 e. The first kappa shape index (κ1) is 23.0. The molecule has 0 aliphatic rings. The number of halogens is 1. The Morgan fingerprint density at radius 2 is 1.68 bits per heavy atom. The molecule has 2 amide bonds. The fourth-order valence-electron chi connectivity index (χ4n) is 3.19. The van der Waals surface area contributed by atoms with E-state index in [1.807, 2.05) is 30.3 Å². The number of aromatic nitrogens is 2. The first-order chi connectivity index (χ1) is 16.5. The summed E-state index contributed by atoms with van der Waals surface area (Å²) in [5.41, 5.74) is 2.37. The van der Waals surface area contributed by atoms with E-state index in [-0.39, 0.29) is 12.5 Å². The summed E-state index contributed by atoms with van der Waals surface area (Å²) >= 11 is 6.03. The Kier molecular flexibility index (Phi) is 7.19. The lowest BCUT2D eigenvalue weighted by Crippen LogP contribution is -2.33. The summed E-state index contributed by atoms with van der Waals surface area (Å²) in [7, 11) is 0. The fraction of sp³-hybridized carbons (Fsp3) is 0.120. The molecule has 0 saturated carbocycles. The summed E-state index contributed by atoms with van der Waals surface area (Å²) in [6.07, 6.45) is 0. The molecule has 0 aliphatic heterocycles. The fourth-order valence-corrected chi connectivity index (χ4v) is 3.32. The molecule has 172 valence electrons. The summed E-state index contributed by atoms with van der Waals surface area (Å²) in [5, 5.41) is 14.4. The van der Waals surface area contributed by atoms with Crippen molar-refractivity contribution in [3.8, 4) is 11.5 Å². The number of nitrogens with zero attached hydrogens (tertiary/aromatic N) is 2. The highest BCUT2D eigenvalue weighted by Crippen LogP contribution is 2.26. The van der Waals surface area contributed by atoms with Gasteiger partial charge in [-0.2, -0.15) is 0 Å². The third-order valence-electron chi connectivity index (χ3n) is 4.84. The normalized spacial score (nSPS) is 11.5. The summed E-state index contributed by atoms with van der Waals surface area (Å²) < 4.78 is 10.9. The van der Waals surface area contributed by atoms with E-state index in [1.165, 1.54) is 0 Å². The Labute approximate surface area is 200 Å². The van der Waals surface area contributed by atoms with Crippen molar-refractivity contribution in [2.75, 3.05) is 11.9 Å². The molecular weight excluding hydrogens is 456 g/mol. The molecule has 1 aromatic heterocycles. The molecule has 0 fully saturated rings. The third kappa shape index (κ3) is 5.60. The number of amides is 2. The molecule has 34 heavy (non-hydrogen) atoms. The molecule has 0 radical (unpaired) electrons. The van der Waals surface area contributed by atoms with Gasteiger partial charge in [0, 0.05) is 16.3 Å². The molecule has 1 atom stereocenters. The minimum absolute atomic E-state index is 0.217. The van der Waals surface area contributed by atoms with E-state index < -0.39 is 18.0 Å². The summed E-state index contributed by atoms with van der Waals surface area (Å²) in [6.45, 7) is 2.02. The van der Waals surface area contributed by atoms with Crippen molar-refractivity contribution in [1.29, 1.82) is 0 Å². The van der Waals surface area contributed by atoms with Crippen LogP contribution in [0.25, 0.3) is 11.5 Å². The number of ether oxygens (including phenoxy) is 1. The highest BCUT2D eigenvalue weighted by Gasteiger charge is 2.24. The molecule has 0 saturated heterocycles. The number of hydrogen-bond donors (Lipinski definition) is 2. The van der Waals surface area contributed by atoms with Crippen LogP contribution in [-0.4, -0.2) is 28.8 Å². The third-order valence-corrected chi connectivity index (χ3v) is 5.09. The quantitative estimate of drug-likeness (QED) is 0.342. The maximum absolute atomic E-state index is 12.8. The predicted octanol–water partition coefficient (Wildman–Crippen LogP) is 5.48. The van der Waals surface area contributed by atoms with Gasteiger partial charge in [0.05, 0.1) is 12.2 Å². The van der Waals surface area contributed by atoms with Crippen LogP contribution in [0.4, 0.5) is 10.5 Å². The number of nitrogens with one attached hydrogen (secondary N) is 2. The van der Waals surface area contributed by atoms with Crippen molar-refractivity contribution in [1.82, 2.24) is 15.5 Å². The van der Waals surface area contributed by atoms with Gasteiger partial charge in [-0.05, 0) is 61.0 Å². The van der Waals surface area contributed by atoms with Gasteiger partial charge in [0.2, 0.25) is 11.8 Å². The van der Waals surface area contributed by atoms with E-state index in [0.29, 0.717) is 27.7 Å². The SMILES string of the molecule is CCOC(=O)c1ccc(NC(=O)N[C@H](c2ccc(Cl)cc2)c2nnc(-c3ccccc3)o2)cc1. The van der Waals surface area contributed by atoms with E-state index in [9.17, 15) is 9.59 Å². The average Bonchev–Trinajstić information content (AvgIpc) is 3.34. The van der Waals surface area contributed by atoms with Gasteiger partial charge in [-0.25, -0.2) is 9.59 Å². The van der Waals surface area contributed by atoms with Crippen molar-refractivity contribution in [3.63, 3.8) is 0 Å². The van der Waals surface area contributed by atoms with Crippen LogP contribution < -0.4 is 10.6 Å². The number of esters is 1. The maximum atomic E-state index is 12.8. The Hall–Kier alpha value is -4.17. The van der Waals surface area contributed by atoms with Crippen LogP contribution in [0.2, 0.25) is 5.02 Å². The van der Waals surface area contributed by atoms with Crippen LogP contribution in [-0.2, 0) is 4.74 Å². The number of rotatable bonds is 7. The number of carbonyl (C=O) groups is 2. The lowest BCUT2D eigenvalue weighted by Gasteiger charge is -2.16. The molecule has 0 unspecified atom stereocenters. The van der Waals surface area contributed by atoms with Crippen LogP contribution >= 0.6 is 11.6 Å². The Morgan fingerprint density at radius 1 is 0.971 bits per heavy atom. The molecule has 4 aromatic rings. The van der Waals surface area contributed by atoms with Crippen LogP contribution in [0.5, 0.6) is 0 Å². The first-order valence-electron chi connectivity index (χ1n) is 10.5. The lowest BCUT2D eigenvalue weighted by molar-refractivity contribution is 0.0526. The zero-order valence-electron chi connectivity index (χ0n) is 18.2. The monoisotopic (exact) mass is 476 g/mol. The van der Waals surface area contributed by atoms with Crippen LogP contribution in [0.15, 0.2) is 83.3 Å². The molecule has 4 rings (SSSR count). The van der Waals surface area contributed by atoms with Gasteiger partial charge in [-0.15, -0.1) is 10.2 Å². The van der Waals surface area contributed by atoms with Gasteiger partial charge < -0.3 is 19.8 Å². The molecule has 8 nitrogen and oxygen atoms in total. The van der Waals surface area contributed by atoms with Crippen molar-refractivity contribution < 1.29 is 18.7 Å². The standard InChI is InChI=1S/C25H21ClN4O4/c1-2-33-24(31)18-10-14-20(15-11-18)27-25(32)28-21(16-8-12-19(26)13-9-16)23-30-29-22(34-23)17-6-4-3-5-7-17/h3-15,21H,2H2,1H3,(H2,27,28,32)/t21-/m1/s1. The second-order valence-corrected chi connectivity index (χ2v) is 7.63. The zero-order chi connectivity index (χ0) is 23.9. The van der Waals surface area contributed by atoms with Crippen molar-refractivity contribution in [2.45, 2.75) is 13.0 Å². The van der Waals surface area contributed by atoms with Crippen molar-refractivity contribution in [3.05, 3.63) is 101 Å². The largest absolute Gasteiger partial charge is 0.462 e. The summed E-state index contributed by atoms with van der Waals surface area (Å²) in [5.74, 6) is 0.132. The molecule has 3 aromatic carbocycles. The van der Waals surface area contributed by atoms with Gasteiger partial charge in [0.1, 0.15) is 6.04 Å². The predicted molar refractivity (Wildman–Crippen MR) is 128 cm³/mol. The molecular formula is C25H21ClN4O4. The van der Waals surface area contributed by atoms with Crippen molar-refractivity contribution in [2.24, 2.45) is 0 Å². The van der Waals surface area contributed by atoms with E-state index in [1.54, 1.807) is 55.5 Å².